The second-order valence-corrected chi connectivity index (χ2v) is 26.9. The smallest absolute Gasteiger partial charge is 0.179 e. The summed E-state index contributed by atoms with van der Waals surface area (Å²) < 4.78 is 47.2. The van der Waals surface area contributed by atoms with Gasteiger partial charge in [0.1, 0.15) is 0 Å². The molecule has 1 aliphatic rings. The van der Waals surface area contributed by atoms with Crippen molar-refractivity contribution in [2.75, 3.05) is 66.7 Å². The Balaban J connectivity index is 1.00. The second-order valence-electron chi connectivity index (χ2n) is 22.0. The summed E-state index contributed by atoms with van der Waals surface area (Å²) in [6.07, 6.45) is 0. The fraction of sp³-hybridized carbons (Fsp3) is 0.169. The highest BCUT2D eigenvalue weighted by Gasteiger charge is 2.47. The Hall–Kier alpha value is -9.44. The van der Waals surface area contributed by atoms with E-state index in [1.54, 1.807) is 102 Å². The highest BCUT2D eigenvalue weighted by Crippen LogP contribution is 2.60. The molecule has 0 aliphatic heterocycles. The minimum Gasteiger partial charge on any atom is -0.492 e. The Bertz CT molecular complexity index is 4110. The molecule has 0 spiro atoms. The number of anilines is 6. The highest BCUT2D eigenvalue weighted by molar-refractivity contribution is 7.17. The van der Waals surface area contributed by atoms with E-state index in [1.807, 2.05) is 0 Å². The first-order chi connectivity index (χ1) is 44.4. The van der Waals surface area contributed by atoms with Gasteiger partial charge in [-0.1, -0.05) is 121 Å². The van der Waals surface area contributed by atoms with E-state index in [-0.39, 0.29) is 0 Å². The van der Waals surface area contributed by atoms with Crippen molar-refractivity contribution in [2.24, 2.45) is 0 Å². The first-order valence-corrected chi connectivity index (χ1v) is 33.0. The van der Waals surface area contributed by atoms with E-state index in [1.165, 1.54) is 0 Å². The molecule has 0 amide bonds. The van der Waals surface area contributed by atoms with E-state index < -0.39 is 5.41 Å². The van der Waals surface area contributed by atoms with E-state index in [9.17, 15) is 0 Å². The fourth-order valence-corrected chi connectivity index (χ4v) is 17.6. The normalized spacial score (nSPS) is 12.0. The maximum Gasteiger partial charge on any atom is 0.179 e. The number of hydrogen-bond donors (Lipinski definition) is 0. The van der Waals surface area contributed by atoms with E-state index in [4.69, 9.17) is 37.9 Å². The molecule has 0 saturated heterocycles. The molecule has 13 rings (SSSR count). The summed E-state index contributed by atoms with van der Waals surface area (Å²) in [4.78, 5) is 13.0. The second kappa shape index (κ2) is 25.1. The molecule has 0 N–H and O–H groups in total. The van der Waals surface area contributed by atoms with Crippen LogP contribution in [0.15, 0.2) is 194 Å². The molecule has 91 heavy (non-hydrogen) atoms. The Labute approximate surface area is 548 Å². The summed E-state index contributed by atoms with van der Waals surface area (Å²) in [5.74, 6) is 5.96. The average Bonchev–Trinajstić information content (AvgIpc) is 1.55. The number of aryl methyl sites for hydroxylation is 4. The van der Waals surface area contributed by atoms with Crippen molar-refractivity contribution in [3.8, 4) is 98.9 Å². The lowest BCUT2D eigenvalue weighted by Gasteiger charge is -2.35. The molecule has 4 aromatic heterocycles. The molecule has 10 nitrogen and oxygen atoms in total. The zero-order valence-electron chi connectivity index (χ0n) is 52.8. The van der Waals surface area contributed by atoms with Crippen LogP contribution in [0.2, 0.25) is 0 Å². The number of methoxy groups -OCH3 is 8. The maximum absolute atomic E-state index is 5.98. The minimum absolute atomic E-state index is 0.734. The van der Waals surface area contributed by atoms with E-state index in [0.29, 0.717) is 0 Å². The van der Waals surface area contributed by atoms with Crippen LogP contribution in [-0.2, 0) is 5.41 Å². The molecule has 0 radical (unpaired) electrons. The summed E-state index contributed by atoms with van der Waals surface area (Å²) in [6.45, 7) is 8.26. The molecule has 458 valence electrons. The van der Waals surface area contributed by atoms with Crippen molar-refractivity contribution in [3.63, 3.8) is 0 Å². The monoisotopic (exact) mass is 1280 g/mol. The van der Waals surface area contributed by atoms with Gasteiger partial charge in [-0.05, 0) is 156 Å². The number of fused-ring (bicyclic) bond motifs is 3. The van der Waals surface area contributed by atoms with E-state index in [0.717, 1.165) is 175 Å². The van der Waals surface area contributed by atoms with Gasteiger partial charge in [-0.3, -0.25) is 0 Å². The zero-order chi connectivity index (χ0) is 63.2. The highest BCUT2D eigenvalue weighted by atomic mass is 32.1. The molecule has 12 aromatic rings. The molecule has 4 heterocycles. The van der Waals surface area contributed by atoms with Gasteiger partial charge in [0.25, 0.3) is 0 Å². The lowest BCUT2D eigenvalue weighted by molar-refractivity contribution is 0.357. The van der Waals surface area contributed by atoms with Gasteiger partial charge in [0, 0.05) is 53.6 Å². The first kappa shape index (κ1) is 60.5. The Morgan fingerprint density at radius 3 is 0.725 bits per heavy atom. The maximum atomic E-state index is 5.98. The molecule has 0 saturated carbocycles. The van der Waals surface area contributed by atoms with E-state index >= 15 is 0 Å². The fourth-order valence-electron chi connectivity index (χ4n) is 13.2. The summed E-state index contributed by atoms with van der Waals surface area (Å²) in [6, 6.07) is 71.1. The molecule has 0 unspecified atom stereocenters. The Kier molecular flexibility index (Phi) is 16.7. The number of benzene rings is 8. The lowest BCUT2D eigenvalue weighted by atomic mass is 9.67. The van der Waals surface area contributed by atoms with Crippen LogP contribution in [0.5, 0.6) is 46.0 Å². The topological polar surface area (TPSA) is 80.3 Å². The van der Waals surface area contributed by atoms with E-state index in [2.05, 4.69) is 232 Å². The number of hydrogen-bond acceptors (Lipinski definition) is 14. The number of thiophene rings is 4. The van der Waals surface area contributed by atoms with Crippen molar-refractivity contribution in [3.05, 3.63) is 236 Å². The van der Waals surface area contributed by atoms with Gasteiger partial charge >= 0.3 is 0 Å². The third-order valence-electron chi connectivity index (χ3n) is 17.2. The minimum atomic E-state index is -0.795. The third kappa shape index (κ3) is 10.2. The summed E-state index contributed by atoms with van der Waals surface area (Å²) in [5, 5.41) is 0. The standard InChI is InChI=1S/C77H68N2O8S4/c1-45-65(80-5)69(84-9)73(88-45)49-23-31-55(32-24-49)78(56-33-25-50(26-34-56)74-70(85-10)66(81-6)46(2)89-74)59-39-41-61-62-42-40-60(44-64(62)77(63(61)43-59,53-19-15-13-16-20-53)54-21-17-14-18-22-54)79(57-35-27-51(28-36-57)75-71(86-11)67(82-7)47(3)90-75)58-37-29-52(30-38-58)76-72(87-12)68(83-8)48(4)91-76/h13-44H,1-12H3. The van der Waals surface area contributed by atoms with Gasteiger partial charge in [-0.15, -0.1) is 45.3 Å². The predicted molar refractivity (Wildman–Crippen MR) is 378 cm³/mol. The van der Waals surface area contributed by atoms with Gasteiger partial charge < -0.3 is 47.7 Å². The third-order valence-corrected chi connectivity index (χ3v) is 21.6. The molecule has 0 fully saturated rings. The van der Waals surface area contributed by atoms with Crippen molar-refractivity contribution in [1.82, 2.24) is 0 Å². The SMILES string of the molecule is COc1c(C)sc(-c2ccc(N(c3ccc(-c4sc(C)c(OC)c4OC)cc3)c3ccc4c(c3)C(c3ccccc3)(c3ccccc3)c3cc(N(c5ccc(-c6sc(C)c(OC)c6OC)cc5)c5ccc(-c6sc(C)c(OC)c6OC)cc5)ccc3-4)cc2)c1OC. The summed E-state index contributed by atoms with van der Waals surface area (Å²) in [5.41, 5.74) is 16.2. The van der Waals surface area contributed by atoms with Crippen molar-refractivity contribution >= 4 is 79.5 Å². The number of nitrogens with zero attached hydrogens (tertiary/aromatic N) is 2. The van der Waals surface area contributed by atoms with Gasteiger partial charge in [0.05, 0.1) is 81.8 Å². The molecule has 14 heteroatoms. The Morgan fingerprint density at radius 2 is 0.495 bits per heavy atom. The van der Waals surface area contributed by atoms with Gasteiger partial charge in [-0.2, -0.15) is 0 Å². The van der Waals surface area contributed by atoms with Crippen LogP contribution in [0.1, 0.15) is 41.8 Å². The summed E-state index contributed by atoms with van der Waals surface area (Å²) >= 11 is 6.66. The first-order valence-electron chi connectivity index (χ1n) is 29.7. The zero-order valence-corrected chi connectivity index (χ0v) is 56.0. The average molecular weight is 1280 g/mol. The van der Waals surface area contributed by atoms with Crippen molar-refractivity contribution < 1.29 is 37.9 Å². The summed E-state index contributed by atoms with van der Waals surface area (Å²) in [7, 11) is 13.6. The molecular formula is C77H68N2O8S4. The molecule has 0 bridgehead atoms. The molecule has 8 aromatic carbocycles. The van der Waals surface area contributed by atoms with Crippen LogP contribution in [0.4, 0.5) is 34.1 Å². The van der Waals surface area contributed by atoms with Gasteiger partial charge in [0.15, 0.2) is 46.0 Å². The van der Waals surface area contributed by atoms with Crippen LogP contribution in [0, 0.1) is 27.7 Å². The lowest BCUT2D eigenvalue weighted by Crippen LogP contribution is -2.29. The van der Waals surface area contributed by atoms with Crippen molar-refractivity contribution in [1.29, 1.82) is 0 Å². The van der Waals surface area contributed by atoms with Gasteiger partial charge in [0.2, 0.25) is 0 Å². The van der Waals surface area contributed by atoms with Gasteiger partial charge in [-0.25, -0.2) is 0 Å². The quantitative estimate of drug-likeness (QED) is 0.0736. The van der Waals surface area contributed by atoms with Crippen LogP contribution < -0.4 is 47.7 Å². The number of ether oxygens (including phenoxy) is 8. The molecule has 0 atom stereocenters. The molecular weight excluding hydrogens is 1210 g/mol. The van der Waals surface area contributed by atoms with Crippen LogP contribution >= 0.6 is 45.3 Å². The predicted octanol–water partition coefficient (Wildman–Crippen LogP) is 21.2. The number of rotatable bonds is 20. The Morgan fingerprint density at radius 1 is 0.264 bits per heavy atom. The molecule has 1 aliphatic carbocycles. The largest absolute Gasteiger partial charge is 0.492 e. The van der Waals surface area contributed by atoms with Crippen LogP contribution in [0.25, 0.3) is 52.9 Å². The van der Waals surface area contributed by atoms with Crippen LogP contribution in [0.3, 0.4) is 0 Å². The van der Waals surface area contributed by atoms with Crippen molar-refractivity contribution in [2.45, 2.75) is 33.1 Å². The van der Waals surface area contributed by atoms with Crippen LogP contribution in [-0.4, -0.2) is 56.9 Å².